The predicted molar refractivity (Wildman–Crippen MR) is 76.8 cm³/mol. The summed E-state index contributed by atoms with van der Waals surface area (Å²) in [5.41, 5.74) is 0. The Morgan fingerprint density at radius 2 is 2.35 bits per heavy atom. The molecular weight excluding hydrogens is 294 g/mol. The molecule has 6 nitrogen and oxygen atoms in total. The molecule has 3 heterocycles. The Hall–Kier alpha value is -1.67. The molecule has 0 aliphatic carbocycles. The first kappa shape index (κ1) is 13.3. The van der Waals surface area contributed by atoms with Crippen LogP contribution < -0.4 is 0 Å². The van der Waals surface area contributed by atoms with E-state index in [0.29, 0.717) is 16.9 Å². The summed E-state index contributed by atoms with van der Waals surface area (Å²) in [6.45, 7) is 3.79. The van der Waals surface area contributed by atoms with E-state index in [4.69, 9.17) is 4.52 Å². The molecule has 1 unspecified atom stereocenters. The van der Waals surface area contributed by atoms with Gasteiger partial charge in [-0.05, 0) is 25.3 Å². The van der Waals surface area contributed by atoms with Crippen molar-refractivity contribution in [2.24, 2.45) is 0 Å². The van der Waals surface area contributed by atoms with Gasteiger partial charge in [-0.1, -0.05) is 23.0 Å². The quantitative estimate of drug-likeness (QED) is 0.730. The molecule has 1 N–H and O–H groups in total. The third kappa shape index (κ3) is 3.07. The van der Waals surface area contributed by atoms with E-state index in [1.807, 2.05) is 13.0 Å². The van der Waals surface area contributed by atoms with E-state index in [2.05, 4.69) is 36.8 Å². The molecule has 0 aliphatic heterocycles. The van der Waals surface area contributed by atoms with Crippen molar-refractivity contribution in [2.75, 3.05) is 0 Å². The smallest absolute Gasteiger partial charge is 0.239 e. The van der Waals surface area contributed by atoms with Crippen LogP contribution in [0, 0.1) is 6.92 Å². The van der Waals surface area contributed by atoms with E-state index in [1.165, 1.54) is 16.6 Å². The Morgan fingerprint density at radius 3 is 3.05 bits per heavy atom. The van der Waals surface area contributed by atoms with Gasteiger partial charge in [0.05, 0.1) is 5.25 Å². The summed E-state index contributed by atoms with van der Waals surface area (Å²) in [5, 5.41) is 13.7. The minimum Gasteiger partial charge on any atom is -0.338 e. The van der Waals surface area contributed by atoms with Gasteiger partial charge in [-0.15, -0.1) is 16.4 Å². The highest BCUT2D eigenvalue weighted by Crippen LogP contribution is 2.31. The van der Waals surface area contributed by atoms with Crippen molar-refractivity contribution in [3.8, 4) is 0 Å². The van der Waals surface area contributed by atoms with Crippen LogP contribution in [-0.2, 0) is 6.42 Å². The van der Waals surface area contributed by atoms with Gasteiger partial charge in [0.1, 0.15) is 5.82 Å². The number of aryl methyl sites for hydroxylation is 1. The second kappa shape index (κ2) is 5.76. The summed E-state index contributed by atoms with van der Waals surface area (Å²) in [4.78, 5) is 9.94. The fourth-order valence-electron chi connectivity index (χ4n) is 1.67. The minimum absolute atomic E-state index is 0.0292. The molecular formula is C12H13N5OS2. The topological polar surface area (TPSA) is 80.5 Å². The Kier molecular flexibility index (Phi) is 3.83. The second-order valence-corrected chi connectivity index (χ2v) is 6.60. The van der Waals surface area contributed by atoms with Crippen LogP contribution in [0.25, 0.3) is 0 Å². The van der Waals surface area contributed by atoms with Gasteiger partial charge in [-0.3, -0.25) is 5.10 Å². The lowest BCUT2D eigenvalue weighted by Gasteiger charge is -2.00. The van der Waals surface area contributed by atoms with E-state index in [1.54, 1.807) is 18.3 Å². The van der Waals surface area contributed by atoms with Crippen LogP contribution in [-0.4, -0.2) is 25.3 Å². The molecule has 0 fully saturated rings. The maximum atomic E-state index is 5.14. The highest BCUT2D eigenvalue weighted by atomic mass is 32.2. The van der Waals surface area contributed by atoms with Crippen LogP contribution in [0.5, 0.6) is 0 Å². The molecule has 0 spiro atoms. The Labute approximate surface area is 124 Å². The predicted octanol–water partition coefficient (Wildman–Crippen LogP) is 3.00. The van der Waals surface area contributed by atoms with Crippen LogP contribution in [0.2, 0.25) is 0 Å². The summed E-state index contributed by atoms with van der Waals surface area (Å²) in [5.74, 6) is 2.10. The SMILES string of the molecule is Cc1noc(C(C)Sc2n[nH]c(Cc3cccs3)n2)n1. The van der Waals surface area contributed by atoms with Crippen LogP contribution in [0.1, 0.15) is 34.6 Å². The van der Waals surface area contributed by atoms with E-state index < -0.39 is 0 Å². The zero-order chi connectivity index (χ0) is 13.9. The summed E-state index contributed by atoms with van der Waals surface area (Å²) < 4.78 is 5.14. The third-order valence-electron chi connectivity index (χ3n) is 2.61. The lowest BCUT2D eigenvalue weighted by molar-refractivity contribution is 0.376. The molecule has 0 saturated carbocycles. The number of nitrogens with one attached hydrogen (secondary N) is 1. The Morgan fingerprint density at radius 1 is 1.45 bits per heavy atom. The van der Waals surface area contributed by atoms with E-state index in [-0.39, 0.29) is 5.25 Å². The number of nitrogens with zero attached hydrogens (tertiary/aromatic N) is 4. The summed E-state index contributed by atoms with van der Waals surface area (Å²) in [7, 11) is 0. The van der Waals surface area contributed by atoms with Gasteiger partial charge in [0.25, 0.3) is 0 Å². The monoisotopic (exact) mass is 307 g/mol. The van der Waals surface area contributed by atoms with Crippen LogP contribution in [0.3, 0.4) is 0 Å². The lowest BCUT2D eigenvalue weighted by atomic mass is 10.3. The maximum absolute atomic E-state index is 5.14. The van der Waals surface area contributed by atoms with E-state index in [9.17, 15) is 0 Å². The van der Waals surface area contributed by atoms with Crippen LogP contribution >= 0.6 is 23.1 Å². The molecule has 3 aromatic rings. The van der Waals surface area contributed by atoms with Gasteiger partial charge in [-0.2, -0.15) is 4.98 Å². The summed E-state index contributed by atoms with van der Waals surface area (Å²) in [6.07, 6.45) is 0.777. The summed E-state index contributed by atoms with van der Waals surface area (Å²) in [6, 6.07) is 4.12. The molecule has 0 amide bonds. The summed E-state index contributed by atoms with van der Waals surface area (Å²) >= 11 is 3.21. The number of thioether (sulfide) groups is 1. The first-order valence-electron chi connectivity index (χ1n) is 6.11. The molecule has 20 heavy (non-hydrogen) atoms. The number of hydrogen-bond donors (Lipinski definition) is 1. The zero-order valence-electron chi connectivity index (χ0n) is 11.0. The first-order valence-corrected chi connectivity index (χ1v) is 7.87. The molecule has 3 rings (SSSR count). The number of H-pyrrole nitrogens is 1. The first-order chi connectivity index (χ1) is 9.70. The number of aromatic amines is 1. The van der Waals surface area contributed by atoms with Gasteiger partial charge in [0, 0.05) is 11.3 Å². The molecule has 0 aliphatic rings. The van der Waals surface area contributed by atoms with Crippen LogP contribution in [0.4, 0.5) is 0 Å². The number of hydrogen-bond acceptors (Lipinski definition) is 7. The molecule has 0 radical (unpaired) electrons. The van der Waals surface area contributed by atoms with Crippen molar-refractivity contribution >= 4 is 23.1 Å². The average Bonchev–Trinajstić information content (AvgIpc) is 3.13. The minimum atomic E-state index is 0.0292. The fraction of sp³-hybridized carbons (Fsp3) is 0.333. The second-order valence-electron chi connectivity index (χ2n) is 4.26. The largest absolute Gasteiger partial charge is 0.338 e. The van der Waals surface area contributed by atoms with Crippen LogP contribution in [0.15, 0.2) is 27.2 Å². The van der Waals surface area contributed by atoms with E-state index in [0.717, 1.165) is 12.2 Å². The Bertz CT molecular complexity index is 676. The molecule has 0 bridgehead atoms. The average molecular weight is 307 g/mol. The van der Waals surface area contributed by atoms with Crippen molar-refractivity contribution in [3.05, 3.63) is 39.9 Å². The highest BCUT2D eigenvalue weighted by Gasteiger charge is 2.17. The normalized spacial score (nSPS) is 12.7. The number of thiophene rings is 1. The van der Waals surface area contributed by atoms with Crippen molar-refractivity contribution in [2.45, 2.75) is 30.7 Å². The highest BCUT2D eigenvalue weighted by molar-refractivity contribution is 7.99. The van der Waals surface area contributed by atoms with Gasteiger partial charge in [0.15, 0.2) is 5.82 Å². The van der Waals surface area contributed by atoms with Crippen molar-refractivity contribution in [1.29, 1.82) is 0 Å². The Balaban J connectivity index is 1.65. The van der Waals surface area contributed by atoms with Gasteiger partial charge >= 0.3 is 0 Å². The van der Waals surface area contributed by atoms with Gasteiger partial charge in [-0.25, -0.2) is 4.98 Å². The molecule has 3 aromatic heterocycles. The van der Waals surface area contributed by atoms with Crippen molar-refractivity contribution < 1.29 is 4.52 Å². The standard InChI is InChI=1S/C12H13N5OS2/c1-7(11-13-8(2)17-18-11)20-12-14-10(15-16-12)6-9-4-3-5-19-9/h3-5,7H,6H2,1-2H3,(H,14,15,16). The van der Waals surface area contributed by atoms with Crippen molar-refractivity contribution in [3.63, 3.8) is 0 Å². The number of aromatic nitrogens is 5. The van der Waals surface area contributed by atoms with E-state index >= 15 is 0 Å². The molecule has 104 valence electrons. The van der Waals surface area contributed by atoms with Gasteiger partial charge < -0.3 is 4.52 Å². The maximum Gasteiger partial charge on any atom is 0.239 e. The zero-order valence-corrected chi connectivity index (χ0v) is 12.7. The molecule has 8 heteroatoms. The number of rotatable bonds is 5. The molecule has 1 atom stereocenters. The van der Waals surface area contributed by atoms with Gasteiger partial charge in [0.2, 0.25) is 11.0 Å². The molecule has 0 aromatic carbocycles. The van der Waals surface area contributed by atoms with Crippen molar-refractivity contribution in [1.82, 2.24) is 25.3 Å². The lowest BCUT2D eigenvalue weighted by Crippen LogP contribution is -1.90. The third-order valence-corrected chi connectivity index (χ3v) is 4.43. The molecule has 0 saturated heterocycles. The fourth-order valence-corrected chi connectivity index (χ4v) is 3.16.